The van der Waals surface area contributed by atoms with E-state index >= 15 is 0 Å². The molecule has 1 aromatic heterocycles. The van der Waals surface area contributed by atoms with Crippen molar-refractivity contribution in [2.24, 2.45) is 0 Å². The molecule has 19 heavy (non-hydrogen) atoms. The van der Waals surface area contributed by atoms with Crippen LogP contribution >= 0.6 is 27.5 Å². The maximum Gasteiger partial charge on any atom is 0.128 e. The van der Waals surface area contributed by atoms with Crippen LogP contribution in [-0.2, 0) is 10.3 Å². The molecule has 0 N–H and O–H groups in total. The molecule has 3 nitrogen and oxygen atoms in total. The minimum absolute atomic E-state index is 0.151. The van der Waals surface area contributed by atoms with E-state index in [-0.39, 0.29) is 10.9 Å². The van der Waals surface area contributed by atoms with Crippen LogP contribution in [0.2, 0.25) is 0 Å². The fourth-order valence-corrected chi connectivity index (χ4v) is 2.89. The van der Waals surface area contributed by atoms with Gasteiger partial charge in [-0.1, -0.05) is 15.9 Å². The van der Waals surface area contributed by atoms with Crippen molar-refractivity contribution >= 4 is 38.6 Å². The molecule has 0 aliphatic heterocycles. The van der Waals surface area contributed by atoms with Crippen molar-refractivity contribution in [1.82, 2.24) is 9.55 Å². The highest BCUT2D eigenvalue weighted by Crippen LogP contribution is 2.32. The molecule has 0 aliphatic rings. The van der Waals surface area contributed by atoms with Gasteiger partial charge in [-0.25, -0.2) is 4.98 Å². The summed E-state index contributed by atoms with van der Waals surface area (Å²) in [6, 6.07) is 6.09. The molecule has 1 aromatic carbocycles. The van der Waals surface area contributed by atoms with Crippen LogP contribution in [0.25, 0.3) is 11.0 Å². The third-order valence-corrected chi connectivity index (χ3v) is 3.79. The molecule has 0 spiro atoms. The van der Waals surface area contributed by atoms with Crippen LogP contribution in [0, 0.1) is 0 Å². The average Bonchev–Trinajstić information content (AvgIpc) is 2.67. The number of fused-ring (bicyclic) bond motifs is 1. The van der Waals surface area contributed by atoms with E-state index in [1.54, 1.807) is 7.11 Å². The van der Waals surface area contributed by atoms with Crippen LogP contribution in [0.3, 0.4) is 0 Å². The predicted molar refractivity (Wildman–Crippen MR) is 82.9 cm³/mol. The molecule has 2 rings (SSSR count). The van der Waals surface area contributed by atoms with Gasteiger partial charge < -0.3 is 9.30 Å². The Morgan fingerprint density at radius 3 is 2.74 bits per heavy atom. The molecule has 0 bridgehead atoms. The topological polar surface area (TPSA) is 27.1 Å². The SMILES string of the molecule is COCC(C)(C)n1c(C(C)Cl)nc2cc(Br)ccc21. The van der Waals surface area contributed by atoms with Gasteiger partial charge in [0.1, 0.15) is 5.82 Å². The number of methoxy groups -OCH3 is 1. The van der Waals surface area contributed by atoms with Gasteiger partial charge in [0.2, 0.25) is 0 Å². The minimum Gasteiger partial charge on any atom is -0.382 e. The van der Waals surface area contributed by atoms with Gasteiger partial charge in [-0.05, 0) is 39.0 Å². The van der Waals surface area contributed by atoms with Gasteiger partial charge in [0.05, 0.1) is 28.6 Å². The summed E-state index contributed by atoms with van der Waals surface area (Å²) in [4.78, 5) is 4.67. The van der Waals surface area contributed by atoms with Crippen LogP contribution in [0.5, 0.6) is 0 Å². The number of alkyl halides is 1. The Bertz CT molecular complexity index is 592. The monoisotopic (exact) mass is 344 g/mol. The van der Waals surface area contributed by atoms with E-state index in [2.05, 4.69) is 45.4 Å². The molecule has 5 heteroatoms. The quantitative estimate of drug-likeness (QED) is 0.764. The van der Waals surface area contributed by atoms with Crippen molar-refractivity contribution in [2.75, 3.05) is 13.7 Å². The lowest BCUT2D eigenvalue weighted by Gasteiger charge is -2.29. The molecular weight excluding hydrogens is 328 g/mol. The standard InChI is InChI=1S/C14H18BrClN2O/c1-9(16)13-17-11-7-10(15)5-6-12(11)18(13)14(2,3)8-19-4/h5-7,9H,8H2,1-4H3. The van der Waals surface area contributed by atoms with Crippen LogP contribution in [0.15, 0.2) is 22.7 Å². The van der Waals surface area contributed by atoms with Gasteiger partial charge in [-0.15, -0.1) is 11.6 Å². The first-order chi connectivity index (χ1) is 8.86. The summed E-state index contributed by atoms with van der Waals surface area (Å²) >= 11 is 9.77. The van der Waals surface area contributed by atoms with E-state index in [1.807, 2.05) is 19.1 Å². The smallest absolute Gasteiger partial charge is 0.128 e. The van der Waals surface area contributed by atoms with Crippen LogP contribution in [0.1, 0.15) is 32.0 Å². The first kappa shape index (κ1) is 14.8. The van der Waals surface area contributed by atoms with Crippen molar-refractivity contribution in [3.05, 3.63) is 28.5 Å². The Morgan fingerprint density at radius 1 is 1.47 bits per heavy atom. The Morgan fingerprint density at radius 2 is 2.16 bits per heavy atom. The van der Waals surface area contributed by atoms with Gasteiger partial charge in [0.25, 0.3) is 0 Å². The molecule has 1 heterocycles. The molecule has 0 saturated carbocycles. The van der Waals surface area contributed by atoms with Crippen molar-refractivity contribution in [3.63, 3.8) is 0 Å². The second-order valence-electron chi connectivity index (χ2n) is 5.30. The first-order valence-corrected chi connectivity index (χ1v) is 7.41. The summed E-state index contributed by atoms with van der Waals surface area (Å²) in [7, 11) is 1.71. The number of imidazole rings is 1. The Labute approximate surface area is 127 Å². The average molecular weight is 346 g/mol. The van der Waals surface area contributed by atoms with Gasteiger partial charge in [0.15, 0.2) is 0 Å². The van der Waals surface area contributed by atoms with Gasteiger partial charge in [-0.3, -0.25) is 0 Å². The minimum atomic E-state index is -0.199. The summed E-state index contributed by atoms with van der Waals surface area (Å²) in [6.45, 7) is 6.80. The van der Waals surface area contributed by atoms with E-state index < -0.39 is 0 Å². The predicted octanol–water partition coefficient (Wildman–Crippen LogP) is 4.48. The zero-order valence-corrected chi connectivity index (χ0v) is 13.9. The number of hydrogen-bond donors (Lipinski definition) is 0. The zero-order valence-electron chi connectivity index (χ0n) is 11.6. The van der Waals surface area contributed by atoms with Gasteiger partial charge in [-0.2, -0.15) is 0 Å². The number of hydrogen-bond acceptors (Lipinski definition) is 2. The number of halogens is 2. The number of benzene rings is 1. The molecule has 104 valence electrons. The summed E-state index contributed by atoms with van der Waals surface area (Å²) in [5.74, 6) is 0.872. The van der Waals surface area contributed by atoms with Gasteiger partial charge >= 0.3 is 0 Å². The molecule has 1 unspecified atom stereocenters. The summed E-state index contributed by atoms with van der Waals surface area (Å²) in [6.07, 6.45) is 0. The highest BCUT2D eigenvalue weighted by Gasteiger charge is 2.27. The van der Waals surface area contributed by atoms with Crippen molar-refractivity contribution in [3.8, 4) is 0 Å². The molecule has 0 amide bonds. The first-order valence-electron chi connectivity index (χ1n) is 6.18. The molecular formula is C14H18BrClN2O. The summed E-state index contributed by atoms with van der Waals surface area (Å²) < 4.78 is 8.53. The van der Waals surface area contributed by atoms with Crippen LogP contribution < -0.4 is 0 Å². The van der Waals surface area contributed by atoms with E-state index in [0.717, 1.165) is 21.3 Å². The molecule has 0 fully saturated rings. The van der Waals surface area contributed by atoms with E-state index in [4.69, 9.17) is 16.3 Å². The Kier molecular flexibility index (Phi) is 4.23. The number of nitrogens with zero attached hydrogens (tertiary/aromatic N) is 2. The third kappa shape index (κ3) is 2.81. The lowest BCUT2D eigenvalue weighted by atomic mass is 10.1. The van der Waals surface area contributed by atoms with Crippen molar-refractivity contribution in [1.29, 1.82) is 0 Å². The normalized spacial score (nSPS) is 14.0. The highest BCUT2D eigenvalue weighted by molar-refractivity contribution is 9.10. The van der Waals surface area contributed by atoms with Crippen LogP contribution in [0.4, 0.5) is 0 Å². The number of rotatable bonds is 4. The molecule has 1 atom stereocenters. The van der Waals surface area contributed by atoms with E-state index in [0.29, 0.717) is 6.61 Å². The molecule has 2 aromatic rings. The fourth-order valence-electron chi connectivity index (χ4n) is 2.39. The van der Waals surface area contributed by atoms with Crippen LogP contribution in [-0.4, -0.2) is 23.3 Å². The Hall–Kier alpha value is -0.580. The summed E-state index contributed by atoms with van der Waals surface area (Å²) in [5, 5.41) is -0.151. The van der Waals surface area contributed by atoms with E-state index in [1.165, 1.54) is 0 Å². The number of ether oxygens (including phenoxy) is 1. The van der Waals surface area contributed by atoms with Crippen molar-refractivity contribution < 1.29 is 4.74 Å². The molecule has 0 aliphatic carbocycles. The third-order valence-electron chi connectivity index (χ3n) is 3.10. The second-order valence-corrected chi connectivity index (χ2v) is 6.87. The fraction of sp³-hybridized carbons (Fsp3) is 0.500. The maximum absolute atomic E-state index is 6.29. The number of aromatic nitrogens is 2. The molecule has 0 saturated heterocycles. The lowest BCUT2D eigenvalue weighted by Crippen LogP contribution is -2.33. The molecule has 0 radical (unpaired) electrons. The second kappa shape index (κ2) is 5.43. The lowest BCUT2D eigenvalue weighted by molar-refractivity contribution is 0.110. The van der Waals surface area contributed by atoms with Gasteiger partial charge in [0, 0.05) is 11.6 Å². The van der Waals surface area contributed by atoms with Crippen molar-refractivity contribution in [2.45, 2.75) is 31.7 Å². The zero-order chi connectivity index (χ0) is 14.2. The van der Waals surface area contributed by atoms with E-state index in [9.17, 15) is 0 Å². The highest BCUT2D eigenvalue weighted by atomic mass is 79.9. The summed E-state index contributed by atoms with van der Waals surface area (Å²) in [5.41, 5.74) is 1.82. The Balaban J connectivity index is 2.72. The maximum atomic E-state index is 6.29. The largest absolute Gasteiger partial charge is 0.382 e.